The highest BCUT2D eigenvalue weighted by atomic mass is 32.2. The first-order valence-corrected chi connectivity index (χ1v) is 8.97. The number of rotatable bonds is 2. The van der Waals surface area contributed by atoms with Gasteiger partial charge in [0, 0.05) is 12.6 Å². The molecule has 0 bridgehead atoms. The largest absolute Gasteiger partial charge is 0.324 e. The van der Waals surface area contributed by atoms with Gasteiger partial charge in [0.2, 0.25) is 10.0 Å². The Labute approximate surface area is 121 Å². The van der Waals surface area contributed by atoms with Crippen LogP contribution in [0.15, 0.2) is 24.3 Å². The van der Waals surface area contributed by atoms with E-state index < -0.39 is 10.0 Å². The lowest BCUT2D eigenvalue weighted by atomic mass is 10.0. The number of fused-ring (bicyclic) bond motifs is 1. The standard InChI is InChI=1S/C15H22N2O2S/c16-14-9-5-11-17(15-10-4-3-8-13(14)15)20(18,19)12-6-1-2-7-12/h3-4,8,10,12,14H,1-2,5-7,9,11,16H2. The van der Waals surface area contributed by atoms with Gasteiger partial charge in [0.05, 0.1) is 10.9 Å². The zero-order chi connectivity index (χ0) is 14.2. The molecule has 1 aromatic rings. The van der Waals surface area contributed by atoms with Gasteiger partial charge in [0.1, 0.15) is 0 Å². The first kappa shape index (κ1) is 13.9. The van der Waals surface area contributed by atoms with Gasteiger partial charge in [0.15, 0.2) is 0 Å². The highest BCUT2D eigenvalue weighted by Crippen LogP contribution is 2.36. The van der Waals surface area contributed by atoms with Crippen molar-refractivity contribution in [1.82, 2.24) is 0 Å². The minimum Gasteiger partial charge on any atom is -0.324 e. The van der Waals surface area contributed by atoms with Crippen LogP contribution in [-0.4, -0.2) is 20.2 Å². The lowest BCUT2D eigenvalue weighted by Gasteiger charge is -2.28. The smallest absolute Gasteiger partial charge is 0.238 e. The molecule has 1 fully saturated rings. The maximum absolute atomic E-state index is 12.9. The van der Waals surface area contributed by atoms with E-state index >= 15 is 0 Å². The molecule has 20 heavy (non-hydrogen) atoms. The predicted octanol–water partition coefficient (Wildman–Crippen LogP) is 2.56. The molecule has 110 valence electrons. The molecule has 0 radical (unpaired) electrons. The summed E-state index contributed by atoms with van der Waals surface area (Å²) in [6.45, 7) is 0.559. The van der Waals surface area contributed by atoms with Crippen LogP contribution in [0.4, 0.5) is 5.69 Å². The van der Waals surface area contributed by atoms with E-state index in [0.29, 0.717) is 6.54 Å². The molecule has 5 heteroatoms. The first-order chi connectivity index (χ1) is 9.60. The van der Waals surface area contributed by atoms with Crippen molar-refractivity contribution in [3.8, 4) is 0 Å². The second-order valence-electron chi connectivity index (χ2n) is 5.83. The molecule has 2 aliphatic rings. The molecule has 1 atom stereocenters. The zero-order valence-corrected chi connectivity index (χ0v) is 12.5. The Bertz CT molecular complexity index is 579. The molecule has 1 unspecified atom stereocenters. The Morgan fingerprint density at radius 1 is 1.05 bits per heavy atom. The average molecular weight is 294 g/mol. The minimum absolute atomic E-state index is 0.0602. The molecule has 0 saturated heterocycles. The summed E-state index contributed by atoms with van der Waals surface area (Å²) in [4.78, 5) is 0. The van der Waals surface area contributed by atoms with Crippen LogP contribution in [0.1, 0.15) is 50.1 Å². The topological polar surface area (TPSA) is 63.4 Å². The summed E-state index contributed by atoms with van der Waals surface area (Å²) >= 11 is 0. The van der Waals surface area contributed by atoms with Gasteiger partial charge in [-0.1, -0.05) is 31.0 Å². The second kappa shape index (κ2) is 5.37. The molecule has 2 N–H and O–H groups in total. The lowest BCUT2D eigenvalue weighted by molar-refractivity contribution is 0.571. The number of hydrogen-bond acceptors (Lipinski definition) is 3. The fourth-order valence-electron chi connectivity index (χ4n) is 3.39. The van der Waals surface area contributed by atoms with Crippen molar-refractivity contribution in [2.45, 2.75) is 49.8 Å². The Morgan fingerprint density at radius 3 is 2.50 bits per heavy atom. The molecule has 1 heterocycles. The van der Waals surface area contributed by atoms with Crippen LogP contribution in [0.3, 0.4) is 0 Å². The van der Waals surface area contributed by atoms with Crippen LogP contribution in [-0.2, 0) is 10.0 Å². The molecule has 0 amide bonds. The van der Waals surface area contributed by atoms with Crippen LogP contribution in [0.5, 0.6) is 0 Å². The van der Waals surface area contributed by atoms with Crippen LogP contribution >= 0.6 is 0 Å². The molecule has 1 aliphatic heterocycles. The van der Waals surface area contributed by atoms with E-state index in [-0.39, 0.29) is 11.3 Å². The quantitative estimate of drug-likeness (QED) is 0.911. The molecule has 3 rings (SSSR count). The van der Waals surface area contributed by atoms with Gasteiger partial charge < -0.3 is 5.73 Å². The molecular weight excluding hydrogens is 272 g/mol. The maximum atomic E-state index is 12.9. The minimum atomic E-state index is -3.24. The van der Waals surface area contributed by atoms with Gasteiger partial charge in [-0.25, -0.2) is 8.42 Å². The monoisotopic (exact) mass is 294 g/mol. The summed E-state index contributed by atoms with van der Waals surface area (Å²) in [6.07, 6.45) is 5.31. The Balaban J connectivity index is 2.02. The molecular formula is C15H22N2O2S. The van der Waals surface area contributed by atoms with E-state index in [4.69, 9.17) is 5.73 Å². The number of hydrogen-bond donors (Lipinski definition) is 1. The molecule has 1 aliphatic carbocycles. The van der Waals surface area contributed by atoms with Gasteiger partial charge in [-0.3, -0.25) is 4.31 Å². The first-order valence-electron chi connectivity index (χ1n) is 7.47. The summed E-state index contributed by atoms with van der Waals surface area (Å²) in [6, 6.07) is 7.63. The molecule has 0 aromatic heterocycles. The fraction of sp³-hybridized carbons (Fsp3) is 0.600. The maximum Gasteiger partial charge on any atom is 0.238 e. The normalized spacial score (nSPS) is 24.4. The van der Waals surface area contributed by atoms with Crippen molar-refractivity contribution in [3.63, 3.8) is 0 Å². The average Bonchev–Trinajstić information content (AvgIpc) is 2.93. The third-order valence-corrected chi connectivity index (χ3v) is 6.82. The number of nitrogens with two attached hydrogens (primary N) is 1. The fourth-order valence-corrected chi connectivity index (χ4v) is 5.50. The highest BCUT2D eigenvalue weighted by molar-refractivity contribution is 7.93. The predicted molar refractivity (Wildman–Crippen MR) is 81.1 cm³/mol. The lowest BCUT2D eigenvalue weighted by Crippen LogP contribution is -2.38. The van der Waals surface area contributed by atoms with E-state index in [1.807, 2.05) is 24.3 Å². The van der Waals surface area contributed by atoms with Crippen molar-refractivity contribution < 1.29 is 8.42 Å². The van der Waals surface area contributed by atoms with Crippen molar-refractivity contribution in [3.05, 3.63) is 29.8 Å². The van der Waals surface area contributed by atoms with E-state index in [2.05, 4.69) is 0 Å². The van der Waals surface area contributed by atoms with Gasteiger partial charge in [0.25, 0.3) is 0 Å². The van der Waals surface area contributed by atoms with Gasteiger partial charge in [-0.05, 0) is 37.3 Å². The van der Waals surface area contributed by atoms with E-state index in [0.717, 1.165) is 49.8 Å². The summed E-state index contributed by atoms with van der Waals surface area (Å²) in [7, 11) is -3.24. The summed E-state index contributed by atoms with van der Waals surface area (Å²) in [5.41, 5.74) is 7.94. The van der Waals surface area contributed by atoms with E-state index in [1.165, 1.54) is 0 Å². The van der Waals surface area contributed by atoms with Crippen molar-refractivity contribution >= 4 is 15.7 Å². The van der Waals surface area contributed by atoms with Crippen LogP contribution in [0, 0.1) is 0 Å². The number of nitrogens with zero attached hydrogens (tertiary/aromatic N) is 1. The van der Waals surface area contributed by atoms with Crippen molar-refractivity contribution in [2.75, 3.05) is 10.8 Å². The number of sulfonamides is 1. The van der Waals surface area contributed by atoms with Crippen LogP contribution in [0.25, 0.3) is 0 Å². The van der Waals surface area contributed by atoms with Crippen molar-refractivity contribution in [2.24, 2.45) is 5.73 Å². The third-order valence-electron chi connectivity index (χ3n) is 4.51. The molecule has 1 saturated carbocycles. The summed E-state index contributed by atoms with van der Waals surface area (Å²) in [5.74, 6) is 0. The van der Waals surface area contributed by atoms with Crippen LogP contribution in [0.2, 0.25) is 0 Å². The Morgan fingerprint density at radius 2 is 1.75 bits per heavy atom. The van der Waals surface area contributed by atoms with E-state index in [1.54, 1.807) is 4.31 Å². The zero-order valence-electron chi connectivity index (χ0n) is 11.7. The Hall–Kier alpha value is -1.07. The second-order valence-corrected chi connectivity index (χ2v) is 7.97. The summed E-state index contributed by atoms with van der Waals surface area (Å²) in [5, 5.41) is -0.204. The molecule has 1 aromatic carbocycles. The van der Waals surface area contributed by atoms with Crippen LogP contribution < -0.4 is 10.0 Å². The SMILES string of the molecule is NC1CCCN(S(=O)(=O)C2CCCC2)c2ccccc21. The van der Waals surface area contributed by atoms with E-state index in [9.17, 15) is 8.42 Å². The summed E-state index contributed by atoms with van der Waals surface area (Å²) < 4.78 is 27.4. The highest BCUT2D eigenvalue weighted by Gasteiger charge is 2.36. The Kier molecular flexibility index (Phi) is 3.73. The third kappa shape index (κ3) is 2.33. The van der Waals surface area contributed by atoms with Gasteiger partial charge >= 0.3 is 0 Å². The molecule has 4 nitrogen and oxygen atoms in total. The number of benzene rings is 1. The van der Waals surface area contributed by atoms with Gasteiger partial charge in [-0.2, -0.15) is 0 Å². The molecule has 0 spiro atoms. The van der Waals surface area contributed by atoms with Crippen molar-refractivity contribution in [1.29, 1.82) is 0 Å². The number of anilines is 1. The van der Waals surface area contributed by atoms with Gasteiger partial charge in [-0.15, -0.1) is 0 Å². The number of para-hydroxylation sites is 1.